The number of hydrogen-bond acceptors (Lipinski definition) is 2. The van der Waals surface area contributed by atoms with E-state index < -0.39 is 0 Å². The zero-order chi connectivity index (χ0) is 10.9. The summed E-state index contributed by atoms with van der Waals surface area (Å²) in [6, 6.07) is 0. The summed E-state index contributed by atoms with van der Waals surface area (Å²) in [6.45, 7) is 2.07. The monoisotopic (exact) mass is 212 g/mol. The Balaban J connectivity index is 2.05. The smallest absolute Gasteiger partial charge is 0.0598 e. The van der Waals surface area contributed by atoms with Crippen molar-refractivity contribution >= 4 is 0 Å². The summed E-state index contributed by atoms with van der Waals surface area (Å²) >= 11 is 0. The fourth-order valence-electron chi connectivity index (χ4n) is 3.78. The van der Waals surface area contributed by atoms with E-state index in [0.717, 1.165) is 19.3 Å². The summed E-state index contributed by atoms with van der Waals surface area (Å²) in [7, 11) is 0. The minimum atomic E-state index is -0.267. The van der Waals surface area contributed by atoms with E-state index >= 15 is 0 Å². The van der Waals surface area contributed by atoms with E-state index in [1.54, 1.807) is 0 Å². The number of aliphatic hydroxyl groups excluding tert-OH is 2. The SMILES string of the molecule is CCC1C(O)CC2(CCCCC2)CC1O. The Kier molecular flexibility index (Phi) is 3.36. The first kappa shape index (κ1) is 11.4. The Morgan fingerprint density at radius 3 is 2.00 bits per heavy atom. The molecule has 1 spiro atoms. The van der Waals surface area contributed by atoms with Crippen LogP contribution in [0.3, 0.4) is 0 Å². The van der Waals surface area contributed by atoms with Crippen molar-refractivity contribution in [3.8, 4) is 0 Å². The molecule has 2 N–H and O–H groups in total. The van der Waals surface area contributed by atoms with E-state index in [4.69, 9.17) is 0 Å². The molecule has 2 rings (SSSR count). The third-order valence-corrected chi connectivity index (χ3v) is 4.66. The summed E-state index contributed by atoms with van der Waals surface area (Å²) < 4.78 is 0. The van der Waals surface area contributed by atoms with Gasteiger partial charge in [0.25, 0.3) is 0 Å². The molecule has 0 aromatic rings. The molecule has 0 aromatic heterocycles. The van der Waals surface area contributed by atoms with Gasteiger partial charge < -0.3 is 10.2 Å². The lowest BCUT2D eigenvalue weighted by molar-refractivity contribution is -0.0907. The van der Waals surface area contributed by atoms with Crippen molar-refractivity contribution in [1.29, 1.82) is 0 Å². The van der Waals surface area contributed by atoms with Crippen molar-refractivity contribution in [3.63, 3.8) is 0 Å². The molecule has 0 amide bonds. The summed E-state index contributed by atoms with van der Waals surface area (Å²) in [5.41, 5.74) is 0.281. The minimum Gasteiger partial charge on any atom is -0.393 e. The second-order valence-electron chi connectivity index (χ2n) is 5.68. The molecule has 0 aliphatic heterocycles. The van der Waals surface area contributed by atoms with E-state index in [0.29, 0.717) is 0 Å². The predicted octanol–water partition coefficient (Wildman–Crippen LogP) is 2.48. The fourth-order valence-corrected chi connectivity index (χ4v) is 3.78. The third kappa shape index (κ3) is 2.21. The van der Waals surface area contributed by atoms with Crippen molar-refractivity contribution in [2.75, 3.05) is 0 Å². The Morgan fingerprint density at radius 1 is 1.00 bits per heavy atom. The standard InChI is InChI=1S/C13H24O2/c1-2-10-11(14)8-13(9-12(10)15)6-4-3-5-7-13/h10-12,14-15H,2-9H2,1H3. The van der Waals surface area contributed by atoms with Crippen molar-refractivity contribution in [2.45, 2.75) is 70.5 Å². The molecule has 2 nitrogen and oxygen atoms in total. The van der Waals surface area contributed by atoms with E-state index in [-0.39, 0.29) is 23.5 Å². The van der Waals surface area contributed by atoms with Crippen LogP contribution in [0.4, 0.5) is 0 Å². The molecule has 2 unspecified atom stereocenters. The van der Waals surface area contributed by atoms with Crippen molar-refractivity contribution in [1.82, 2.24) is 0 Å². The average molecular weight is 212 g/mol. The summed E-state index contributed by atoms with van der Waals surface area (Å²) in [5, 5.41) is 20.2. The van der Waals surface area contributed by atoms with Gasteiger partial charge in [0.15, 0.2) is 0 Å². The van der Waals surface area contributed by atoms with Crippen LogP contribution in [-0.2, 0) is 0 Å². The van der Waals surface area contributed by atoms with Crippen molar-refractivity contribution in [3.05, 3.63) is 0 Å². The van der Waals surface area contributed by atoms with Crippen LogP contribution in [0.1, 0.15) is 58.3 Å². The molecule has 2 heteroatoms. The molecule has 0 bridgehead atoms. The Morgan fingerprint density at radius 2 is 1.53 bits per heavy atom. The van der Waals surface area contributed by atoms with Crippen LogP contribution in [0.15, 0.2) is 0 Å². The number of aliphatic hydroxyl groups is 2. The van der Waals surface area contributed by atoms with Crippen LogP contribution in [0.5, 0.6) is 0 Å². The first-order valence-corrected chi connectivity index (χ1v) is 6.53. The molecule has 0 radical (unpaired) electrons. The number of rotatable bonds is 1. The molecule has 15 heavy (non-hydrogen) atoms. The van der Waals surface area contributed by atoms with Crippen LogP contribution in [-0.4, -0.2) is 22.4 Å². The van der Waals surface area contributed by atoms with Gasteiger partial charge in [0, 0.05) is 5.92 Å². The molecule has 2 atom stereocenters. The maximum absolute atomic E-state index is 10.1. The highest BCUT2D eigenvalue weighted by atomic mass is 16.3. The van der Waals surface area contributed by atoms with Gasteiger partial charge in [0.2, 0.25) is 0 Å². The van der Waals surface area contributed by atoms with Crippen LogP contribution in [0, 0.1) is 11.3 Å². The normalized spacial score (nSPS) is 40.6. The third-order valence-electron chi connectivity index (χ3n) is 4.66. The van der Waals surface area contributed by atoms with Crippen LogP contribution in [0.25, 0.3) is 0 Å². The number of hydrogen-bond donors (Lipinski definition) is 2. The molecule has 2 fully saturated rings. The van der Waals surface area contributed by atoms with Gasteiger partial charge in [-0.25, -0.2) is 0 Å². The zero-order valence-electron chi connectivity index (χ0n) is 9.78. The van der Waals surface area contributed by atoms with Gasteiger partial charge in [0.1, 0.15) is 0 Å². The average Bonchev–Trinajstić information content (AvgIpc) is 2.18. The first-order chi connectivity index (χ1) is 7.17. The molecule has 2 saturated carbocycles. The molecular weight excluding hydrogens is 188 g/mol. The predicted molar refractivity (Wildman–Crippen MR) is 60.5 cm³/mol. The van der Waals surface area contributed by atoms with Gasteiger partial charge in [0.05, 0.1) is 12.2 Å². The quantitative estimate of drug-likeness (QED) is 0.701. The largest absolute Gasteiger partial charge is 0.393 e. The Bertz CT molecular complexity index is 195. The van der Waals surface area contributed by atoms with Gasteiger partial charge >= 0.3 is 0 Å². The van der Waals surface area contributed by atoms with Gasteiger partial charge in [-0.05, 0) is 37.5 Å². The maximum atomic E-state index is 10.1. The van der Waals surface area contributed by atoms with E-state index in [1.807, 2.05) is 0 Å². The van der Waals surface area contributed by atoms with Crippen LogP contribution in [0.2, 0.25) is 0 Å². The molecule has 0 saturated heterocycles. The van der Waals surface area contributed by atoms with Crippen LogP contribution < -0.4 is 0 Å². The fraction of sp³-hybridized carbons (Fsp3) is 1.00. The Labute approximate surface area is 92.7 Å². The lowest BCUT2D eigenvalue weighted by atomic mass is 9.61. The van der Waals surface area contributed by atoms with Crippen LogP contribution >= 0.6 is 0 Å². The topological polar surface area (TPSA) is 40.5 Å². The lowest BCUT2D eigenvalue weighted by Gasteiger charge is -2.47. The molecule has 0 aromatic carbocycles. The summed E-state index contributed by atoms with van der Waals surface area (Å²) in [6.07, 6.45) is 8.59. The van der Waals surface area contributed by atoms with Gasteiger partial charge in [-0.3, -0.25) is 0 Å². The highest BCUT2D eigenvalue weighted by Crippen LogP contribution is 2.49. The highest BCUT2D eigenvalue weighted by Gasteiger charge is 2.44. The first-order valence-electron chi connectivity index (χ1n) is 6.53. The Hall–Kier alpha value is -0.0800. The van der Waals surface area contributed by atoms with Crippen molar-refractivity contribution < 1.29 is 10.2 Å². The van der Waals surface area contributed by atoms with E-state index in [1.165, 1.54) is 32.1 Å². The lowest BCUT2D eigenvalue weighted by Crippen LogP contribution is -2.46. The van der Waals surface area contributed by atoms with E-state index in [9.17, 15) is 10.2 Å². The molecule has 2 aliphatic carbocycles. The van der Waals surface area contributed by atoms with Gasteiger partial charge in [-0.2, -0.15) is 0 Å². The van der Waals surface area contributed by atoms with Gasteiger partial charge in [-0.15, -0.1) is 0 Å². The van der Waals surface area contributed by atoms with Gasteiger partial charge in [-0.1, -0.05) is 26.2 Å². The zero-order valence-corrected chi connectivity index (χ0v) is 9.78. The molecule has 0 heterocycles. The maximum Gasteiger partial charge on any atom is 0.0598 e. The second kappa shape index (κ2) is 4.42. The highest BCUT2D eigenvalue weighted by molar-refractivity contribution is 4.95. The minimum absolute atomic E-state index is 0.123. The van der Waals surface area contributed by atoms with E-state index in [2.05, 4.69) is 6.92 Å². The van der Waals surface area contributed by atoms with Crippen molar-refractivity contribution in [2.24, 2.45) is 11.3 Å². The molecular formula is C13H24O2. The molecule has 88 valence electrons. The second-order valence-corrected chi connectivity index (χ2v) is 5.68. The summed E-state index contributed by atoms with van der Waals surface area (Å²) in [4.78, 5) is 0. The summed E-state index contributed by atoms with van der Waals surface area (Å²) in [5.74, 6) is 0.123. The molecule has 2 aliphatic rings.